The van der Waals surface area contributed by atoms with Crippen molar-refractivity contribution in [3.8, 4) is 0 Å². The monoisotopic (exact) mass is 282 g/mol. The second-order valence-electron chi connectivity index (χ2n) is 4.81. The minimum atomic E-state index is -0.185. The van der Waals surface area contributed by atoms with E-state index in [9.17, 15) is 4.79 Å². The molecule has 0 radical (unpaired) electrons. The molecule has 4 nitrogen and oxygen atoms in total. The summed E-state index contributed by atoms with van der Waals surface area (Å²) >= 11 is 6.12. The van der Waals surface area contributed by atoms with E-state index in [1.807, 2.05) is 31.2 Å². The number of rotatable bonds is 4. The fourth-order valence-corrected chi connectivity index (χ4v) is 2.60. The molecule has 1 aliphatic heterocycles. The minimum absolute atomic E-state index is 0.00744. The van der Waals surface area contributed by atoms with Gasteiger partial charge in [-0.05, 0) is 25.0 Å². The fourth-order valence-electron chi connectivity index (χ4n) is 2.30. The molecule has 0 bridgehead atoms. The first-order valence-corrected chi connectivity index (χ1v) is 6.80. The Morgan fingerprint density at radius 1 is 1.53 bits per heavy atom. The highest BCUT2D eigenvalue weighted by Gasteiger charge is 2.30. The number of carbonyl (C=O) groups is 1. The van der Waals surface area contributed by atoms with Crippen molar-refractivity contribution in [1.82, 2.24) is 10.6 Å². The zero-order chi connectivity index (χ0) is 13.8. The van der Waals surface area contributed by atoms with E-state index in [2.05, 4.69) is 10.6 Å². The summed E-state index contributed by atoms with van der Waals surface area (Å²) in [4.78, 5) is 12.1. The van der Waals surface area contributed by atoms with E-state index in [-0.39, 0.29) is 24.1 Å². The zero-order valence-corrected chi connectivity index (χ0v) is 11.9. The van der Waals surface area contributed by atoms with Crippen molar-refractivity contribution in [2.75, 3.05) is 13.7 Å². The van der Waals surface area contributed by atoms with Crippen LogP contribution < -0.4 is 10.6 Å². The number of hydrogen-bond donors (Lipinski definition) is 2. The molecule has 0 saturated carbocycles. The number of amides is 1. The van der Waals surface area contributed by atoms with Crippen LogP contribution in [-0.2, 0) is 9.53 Å². The van der Waals surface area contributed by atoms with Gasteiger partial charge in [-0.15, -0.1) is 0 Å². The molecule has 3 atom stereocenters. The largest absolute Gasteiger partial charge is 0.380 e. The summed E-state index contributed by atoms with van der Waals surface area (Å²) in [5.41, 5.74) is 0.929. The number of benzene rings is 1. The standard InChI is InChI=1S/C14H19ClN2O2/c1-9(11-5-3-4-6-12(11)15)17-14(18)13-7-10(19-2)8-16-13/h3-6,9-10,13,16H,7-8H2,1-2H3,(H,17,18). The van der Waals surface area contributed by atoms with Crippen LogP contribution in [0.1, 0.15) is 24.9 Å². The van der Waals surface area contributed by atoms with Gasteiger partial charge in [0.15, 0.2) is 0 Å². The van der Waals surface area contributed by atoms with Crippen molar-refractivity contribution in [2.24, 2.45) is 0 Å². The lowest BCUT2D eigenvalue weighted by atomic mass is 10.1. The van der Waals surface area contributed by atoms with Crippen LogP contribution in [0.4, 0.5) is 0 Å². The molecule has 5 heteroatoms. The Morgan fingerprint density at radius 3 is 2.89 bits per heavy atom. The first-order chi connectivity index (χ1) is 9.11. The molecule has 2 rings (SSSR count). The van der Waals surface area contributed by atoms with E-state index in [0.717, 1.165) is 12.1 Å². The maximum absolute atomic E-state index is 12.1. The van der Waals surface area contributed by atoms with Gasteiger partial charge in [0.2, 0.25) is 5.91 Å². The molecule has 104 valence electrons. The molecule has 0 aromatic heterocycles. The van der Waals surface area contributed by atoms with E-state index in [1.165, 1.54) is 0 Å². The van der Waals surface area contributed by atoms with Crippen molar-refractivity contribution in [2.45, 2.75) is 31.5 Å². The van der Waals surface area contributed by atoms with Crippen molar-refractivity contribution in [3.63, 3.8) is 0 Å². The van der Waals surface area contributed by atoms with Crippen molar-refractivity contribution in [3.05, 3.63) is 34.9 Å². The predicted octanol–water partition coefficient (Wildman–Crippen LogP) is 1.89. The van der Waals surface area contributed by atoms with Crippen molar-refractivity contribution >= 4 is 17.5 Å². The highest BCUT2D eigenvalue weighted by atomic mass is 35.5. The predicted molar refractivity (Wildman–Crippen MR) is 75.2 cm³/mol. The summed E-state index contributed by atoms with van der Waals surface area (Å²) in [5.74, 6) is -0.00744. The lowest BCUT2D eigenvalue weighted by molar-refractivity contribution is -0.123. The Morgan fingerprint density at radius 2 is 2.26 bits per heavy atom. The number of hydrogen-bond acceptors (Lipinski definition) is 3. The van der Waals surface area contributed by atoms with E-state index < -0.39 is 0 Å². The Bertz CT molecular complexity index is 453. The third kappa shape index (κ3) is 3.47. The Balaban J connectivity index is 1.94. The fraction of sp³-hybridized carbons (Fsp3) is 0.500. The van der Waals surface area contributed by atoms with Gasteiger partial charge in [-0.1, -0.05) is 29.8 Å². The van der Waals surface area contributed by atoms with Crippen molar-refractivity contribution in [1.29, 1.82) is 0 Å². The molecule has 1 amide bonds. The summed E-state index contributed by atoms with van der Waals surface area (Å²) in [6.45, 7) is 2.65. The van der Waals surface area contributed by atoms with Crippen LogP contribution in [0.25, 0.3) is 0 Å². The Labute approximate surface area is 118 Å². The number of ether oxygens (including phenoxy) is 1. The number of methoxy groups -OCH3 is 1. The van der Waals surface area contributed by atoms with Gasteiger partial charge in [0.25, 0.3) is 0 Å². The van der Waals surface area contributed by atoms with Gasteiger partial charge in [-0.25, -0.2) is 0 Å². The average molecular weight is 283 g/mol. The molecule has 0 aliphatic carbocycles. The van der Waals surface area contributed by atoms with E-state index in [0.29, 0.717) is 11.4 Å². The van der Waals surface area contributed by atoms with Gasteiger partial charge >= 0.3 is 0 Å². The molecule has 0 spiro atoms. The van der Waals surface area contributed by atoms with E-state index >= 15 is 0 Å². The van der Waals surface area contributed by atoms with Gasteiger partial charge in [0.1, 0.15) is 0 Å². The van der Waals surface area contributed by atoms with Gasteiger partial charge in [-0.2, -0.15) is 0 Å². The minimum Gasteiger partial charge on any atom is -0.380 e. The lowest BCUT2D eigenvalue weighted by Gasteiger charge is -2.18. The maximum Gasteiger partial charge on any atom is 0.237 e. The molecule has 1 aromatic carbocycles. The number of carbonyl (C=O) groups excluding carboxylic acids is 1. The molecule has 1 aromatic rings. The molecule has 19 heavy (non-hydrogen) atoms. The summed E-state index contributed by atoms with van der Waals surface area (Å²) in [7, 11) is 1.67. The molecule has 1 heterocycles. The topological polar surface area (TPSA) is 50.4 Å². The van der Waals surface area contributed by atoms with Crippen LogP contribution in [0.3, 0.4) is 0 Å². The normalized spacial score (nSPS) is 24.2. The van der Waals surface area contributed by atoms with Gasteiger partial charge in [0.05, 0.1) is 18.2 Å². The van der Waals surface area contributed by atoms with Crippen LogP contribution in [0.5, 0.6) is 0 Å². The molecular weight excluding hydrogens is 264 g/mol. The molecule has 3 unspecified atom stereocenters. The number of halogens is 1. The highest BCUT2D eigenvalue weighted by molar-refractivity contribution is 6.31. The second-order valence-corrected chi connectivity index (χ2v) is 5.21. The van der Waals surface area contributed by atoms with Crippen LogP contribution in [0, 0.1) is 0 Å². The second kappa shape index (κ2) is 6.37. The molecule has 1 fully saturated rings. The van der Waals surface area contributed by atoms with E-state index in [4.69, 9.17) is 16.3 Å². The maximum atomic E-state index is 12.1. The van der Waals surface area contributed by atoms with Crippen LogP contribution >= 0.6 is 11.6 Å². The quantitative estimate of drug-likeness (QED) is 0.887. The SMILES string of the molecule is COC1CNC(C(=O)NC(C)c2ccccc2Cl)C1. The smallest absolute Gasteiger partial charge is 0.237 e. The molecular formula is C14H19ClN2O2. The van der Waals surface area contributed by atoms with Crippen LogP contribution in [0.2, 0.25) is 5.02 Å². The van der Waals surface area contributed by atoms with Crippen LogP contribution in [0.15, 0.2) is 24.3 Å². The van der Waals surface area contributed by atoms with Gasteiger partial charge < -0.3 is 15.4 Å². The Kier molecular flexibility index (Phi) is 4.80. The average Bonchev–Trinajstić information content (AvgIpc) is 2.88. The molecule has 1 aliphatic rings. The highest BCUT2D eigenvalue weighted by Crippen LogP contribution is 2.22. The van der Waals surface area contributed by atoms with Crippen LogP contribution in [-0.4, -0.2) is 31.7 Å². The first-order valence-electron chi connectivity index (χ1n) is 6.42. The zero-order valence-electron chi connectivity index (χ0n) is 11.2. The summed E-state index contributed by atoms with van der Waals surface area (Å²) in [6.07, 6.45) is 0.823. The Hall–Kier alpha value is -1.10. The summed E-state index contributed by atoms with van der Waals surface area (Å²) in [6, 6.07) is 7.25. The van der Waals surface area contributed by atoms with E-state index in [1.54, 1.807) is 7.11 Å². The molecule has 1 saturated heterocycles. The third-order valence-corrected chi connectivity index (χ3v) is 3.82. The lowest BCUT2D eigenvalue weighted by Crippen LogP contribution is -2.41. The van der Waals surface area contributed by atoms with Crippen molar-refractivity contribution < 1.29 is 9.53 Å². The third-order valence-electron chi connectivity index (χ3n) is 3.47. The summed E-state index contributed by atoms with van der Waals surface area (Å²) in [5, 5.41) is 6.81. The van der Waals surface area contributed by atoms with Gasteiger partial charge in [0, 0.05) is 18.7 Å². The molecule has 2 N–H and O–H groups in total. The summed E-state index contributed by atoms with van der Waals surface area (Å²) < 4.78 is 5.24. The van der Waals surface area contributed by atoms with Gasteiger partial charge in [-0.3, -0.25) is 4.79 Å². The number of nitrogens with one attached hydrogen (secondary N) is 2. The first kappa shape index (κ1) is 14.3.